The minimum atomic E-state index is -0.793. The summed E-state index contributed by atoms with van der Waals surface area (Å²) < 4.78 is 10.5. The number of hydrazine groups is 1. The maximum atomic E-state index is 12.4. The first-order chi connectivity index (χ1) is 11.5. The van der Waals surface area contributed by atoms with Crippen molar-refractivity contribution in [2.75, 3.05) is 14.2 Å². The lowest BCUT2D eigenvalue weighted by Gasteiger charge is -2.18. The molecule has 1 fully saturated rings. The SMILES string of the molecule is COc1ccc(C(C#N)NC(=O)C2CC(C(C)C)NN2)c(OC)c1. The maximum Gasteiger partial charge on any atom is 0.239 e. The number of rotatable bonds is 6. The summed E-state index contributed by atoms with van der Waals surface area (Å²) in [4.78, 5) is 12.4. The van der Waals surface area contributed by atoms with Gasteiger partial charge in [0.2, 0.25) is 5.91 Å². The van der Waals surface area contributed by atoms with Crippen molar-refractivity contribution >= 4 is 5.91 Å². The molecule has 1 aliphatic rings. The molecule has 130 valence electrons. The minimum Gasteiger partial charge on any atom is -0.497 e. The van der Waals surface area contributed by atoms with E-state index in [0.29, 0.717) is 29.4 Å². The third-order valence-corrected chi connectivity index (χ3v) is 4.22. The fourth-order valence-electron chi connectivity index (χ4n) is 2.67. The molecule has 0 bridgehead atoms. The van der Waals surface area contributed by atoms with E-state index in [9.17, 15) is 10.1 Å². The molecule has 0 radical (unpaired) electrons. The lowest BCUT2D eigenvalue weighted by molar-refractivity contribution is -0.123. The third kappa shape index (κ3) is 3.96. The van der Waals surface area contributed by atoms with E-state index in [1.54, 1.807) is 25.3 Å². The molecule has 3 N–H and O–H groups in total. The summed E-state index contributed by atoms with van der Waals surface area (Å²) in [6, 6.07) is 6.34. The molecular weight excluding hydrogens is 308 g/mol. The maximum absolute atomic E-state index is 12.4. The molecule has 3 unspecified atom stereocenters. The van der Waals surface area contributed by atoms with Gasteiger partial charge in [0, 0.05) is 17.7 Å². The second kappa shape index (κ2) is 7.99. The summed E-state index contributed by atoms with van der Waals surface area (Å²) in [5, 5.41) is 12.2. The Balaban J connectivity index is 2.10. The quantitative estimate of drug-likeness (QED) is 0.726. The van der Waals surface area contributed by atoms with Crippen LogP contribution in [-0.2, 0) is 4.79 Å². The van der Waals surface area contributed by atoms with Crippen LogP contribution >= 0.6 is 0 Å². The molecule has 0 saturated carbocycles. The molecule has 0 aliphatic carbocycles. The average molecular weight is 332 g/mol. The highest BCUT2D eigenvalue weighted by Crippen LogP contribution is 2.29. The number of carbonyl (C=O) groups is 1. The van der Waals surface area contributed by atoms with Crippen molar-refractivity contribution in [3.8, 4) is 17.6 Å². The molecular formula is C17H24N4O3. The molecule has 1 aromatic rings. The largest absolute Gasteiger partial charge is 0.497 e. The second-order valence-electron chi connectivity index (χ2n) is 6.11. The van der Waals surface area contributed by atoms with E-state index in [4.69, 9.17) is 9.47 Å². The van der Waals surface area contributed by atoms with Gasteiger partial charge in [-0.15, -0.1) is 0 Å². The summed E-state index contributed by atoms with van der Waals surface area (Å²) in [6.07, 6.45) is 0.682. The first kappa shape index (κ1) is 18.0. The predicted molar refractivity (Wildman–Crippen MR) is 89.3 cm³/mol. The van der Waals surface area contributed by atoms with Gasteiger partial charge in [-0.1, -0.05) is 13.8 Å². The Hall–Kier alpha value is -2.30. The highest BCUT2D eigenvalue weighted by molar-refractivity contribution is 5.83. The van der Waals surface area contributed by atoms with Crippen LogP contribution in [0.1, 0.15) is 31.9 Å². The van der Waals surface area contributed by atoms with Gasteiger partial charge in [0.05, 0.1) is 20.3 Å². The number of hydrogen-bond donors (Lipinski definition) is 3. The number of amides is 1. The number of benzene rings is 1. The van der Waals surface area contributed by atoms with Crippen LogP contribution in [0.4, 0.5) is 0 Å². The summed E-state index contributed by atoms with van der Waals surface area (Å²) in [5.74, 6) is 1.33. The molecule has 1 amide bonds. The molecule has 2 rings (SSSR count). The molecule has 1 aliphatic heterocycles. The molecule has 7 nitrogen and oxygen atoms in total. The van der Waals surface area contributed by atoms with Crippen LogP contribution in [0.25, 0.3) is 0 Å². The van der Waals surface area contributed by atoms with E-state index in [2.05, 4.69) is 36.1 Å². The number of carbonyl (C=O) groups excluding carboxylic acids is 1. The molecule has 24 heavy (non-hydrogen) atoms. The molecule has 3 atom stereocenters. The predicted octanol–water partition coefficient (Wildman–Crippen LogP) is 1.28. The Bertz CT molecular complexity index is 627. The van der Waals surface area contributed by atoms with Gasteiger partial charge >= 0.3 is 0 Å². The lowest BCUT2D eigenvalue weighted by atomic mass is 9.99. The molecule has 7 heteroatoms. The van der Waals surface area contributed by atoms with Gasteiger partial charge in [-0.3, -0.25) is 10.2 Å². The summed E-state index contributed by atoms with van der Waals surface area (Å²) in [7, 11) is 3.08. The lowest BCUT2D eigenvalue weighted by Crippen LogP contribution is -2.44. The number of nitrogens with one attached hydrogen (secondary N) is 3. The Morgan fingerprint density at radius 2 is 2.08 bits per heavy atom. The van der Waals surface area contributed by atoms with Crippen molar-refractivity contribution in [3.63, 3.8) is 0 Å². The van der Waals surface area contributed by atoms with Crippen LogP contribution in [-0.4, -0.2) is 32.2 Å². The first-order valence-corrected chi connectivity index (χ1v) is 7.93. The zero-order chi connectivity index (χ0) is 17.7. The monoisotopic (exact) mass is 332 g/mol. The van der Waals surface area contributed by atoms with Crippen LogP contribution in [0.3, 0.4) is 0 Å². The van der Waals surface area contributed by atoms with Gasteiger partial charge in [0.25, 0.3) is 0 Å². The van der Waals surface area contributed by atoms with E-state index >= 15 is 0 Å². The van der Waals surface area contributed by atoms with Crippen molar-refractivity contribution in [2.45, 2.75) is 38.4 Å². The van der Waals surface area contributed by atoms with Crippen molar-refractivity contribution in [1.82, 2.24) is 16.2 Å². The van der Waals surface area contributed by atoms with Crippen LogP contribution in [0, 0.1) is 17.2 Å². The Kier molecular flexibility index (Phi) is 6.01. The smallest absolute Gasteiger partial charge is 0.239 e. The second-order valence-corrected chi connectivity index (χ2v) is 6.11. The van der Waals surface area contributed by atoms with E-state index < -0.39 is 6.04 Å². The highest BCUT2D eigenvalue weighted by Gasteiger charge is 2.32. The van der Waals surface area contributed by atoms with Gasteiger partial charge < -0.3 is 14.8 Å². The normalized spacial score (nSPS) is 21.2. The van der Waals surface area contributed by atoms with Crippen LogP contribution < -0.4 is 25.6 Å². The molecule has 1 aromatic carbocycles. The van der Waals surface area contributed by atoms with E-state index in [1.807, 2.05) is 0 Å². The minimum absolute atomic E-state index is 0.213. The van der Waals surface area contributed by atoms with Gasteiger partial charge in [-0.25, -0.2) is 5.43 Å². The van der Waals surface area contributed by atoms with Gasteiger partial charge in [0.15, 0.2) is 0 Å². The van der Waals surface area contributed by atoms with E-state index in [-0.39, 0.29) is 18.0 Å². The van der Waals surface area contributed by atoms with E-state index in [0.717, 1.165) is 0 Å². The summed E-state index contributed by atoms with van der Waals surface area (Å²) in [6.45, 7) is 4.19. The van der Waals surface area contributed by atoms with Gasteiger partial charge in [-0.05, 0) is 24.5 Å². The van der Waals surface area contributed by atoms with Crippen molar-refractivity contribution in [3.05, 3.63) is 23.8 Å². The topological polar surface area (TPSA) is 95.4 Å². The average Bonchev–Trinajstić information content (AvgIpc) is 3.09. The van der Waals surface area contributed by atoms with Gasteiger partial charge in [-0.2, -0.15) is 5.26 Å². The fourth-order valence-corrected chi connectivity index (χ4v) is 2.67. The van der Waals surface area contributed by atoms with Crippen LogP contribution in [0.5, 0.6) is 11.5 Å². The number of methoxy groups -OCH3 is 2. The van der Waals surface area contributed by atoms with Crippen molar-refractivity contribution < 1.29 is 14.3 Å². The molecule has 1 saturated heterocycles. The van der Waals surface area contributed by atoms with Crippen LogP contribution in [0.2, 0.25) is 0 Å². The molecule has 0 spiro atoms. The number of hydrogen-bond acceptors (Lipinski definition) is 6. The Labute approximate surface area is 142 Å². The Morgan fingerprint density at radius 3 is 2.62 bits per heavy atom. The molecule has 0 aromatic heterocycles. The summed E-state index contributed by atoms with van der Waals surface area (Å²) >= 11 is 0. The summed E-state index contributed by atoms with van der Waals surface area (Å²) in [5.41, 5.74) is 6.71. The van der Waals surface area contributed by atoms with Crippen molar-refractivity contribution in [2.24, 2.45) is 5.92 Å². The molecule has 1 heterocycles. The highest BCUT2D eigenvalue weighted by atomic mass is 16.5. The Morgan fingerprint density at radius 1 is 1.33 bits per heavy atom. The standard InChI is InChI=1S/C17H24N4O3/c1-10(2)13-8-14(21-20-13)17(22)19-15(9-18)12-6-5-11(23-3)7-16(12)24-4/h5-7,10,13-15,20-21H,8H2,1-4H3,(H,19,22). The zero-order valence-corrected chi connectivity index (χ0v) is 14.4. The van der Waals surface area contributed by atoms with Crippen molar-refractivity contribution in [1.29, 1.82) is 5.26 Å². The van der Waals surface area contributed by atoms with Gasteiger partial charge in [0.1, 0.15) is 23.6 Å². The van der Waals surface area contributed by atoms with E-state index in [1.165, 1.54) is 7.11 Å². The number of nitrogens with zero attached hydrogens (tertiary/aromatic N) is 1. The van der Waals surface area contributed by atoms with Crippen LogP contribution in [0.15, 0.2) is 18.2 Å². The zero-order valence-electron chi connectivity index (χ0n) is 14.4. The third-order valence-electron chi connectivity index (χ3n) is 4.22. The number of ether oxygens (including phenoxy) is 2. The number of nitriles is 1. The first-order valence-electron chi connectivity index (χ1n) is 7.93. The fraction of sp³-hybridized carbons (Fsp3) is 0.529.